The number of hydrogen-bond acceptors (Lipinski definition) is 1. The second-order valence-electron chi connectivity index (χ2n) is 2.88. The molecule has 0 amide bonds. The monoisotopic (exact) mass is 204 g/mol. The zero-order valence-corrected chi connectivity index (χ0v) is 8.30. The summed E-state index contributed by atoms with van der Waals surface area (Å²) in [4.78, 5) is 0. The van der Waals surface area contributed by atoms with Crippen LogP contribution in [0.2, 0.25) is 0 Å². The zero-order valence-electron chi connectivity index (χ0n) is 7.55. The van der Waals surface area contributed by atoms with Gasteiger partial charge in [0.2, 0.25) is 0 Å². The average molecular weight is 205 g/mol. The Bertz CT molecular complexity index is 490. The summed E-state index contributed by atoms with van der Waals surface area (Å²) in [7, 11) is 0. The van der Waals surface area contributed by atoms with Crippen LogP contribution in [0.15, 0.2) is 24.4 Å². The highest BCUT2D eigenvalue weighted by Crippen LogP contribution is 2.14. The Kier molecular flexibility index (Phi) is 2.71. The maximum absolute atomic E-state index is 5.54. The lowest BCUT2D eigenvalue weighted by molar-refractivity contribution is 1.12. The molecule has 0 saturated carbocycles. The molecule has 0 aliphatic rings. The van der Waals surface area contributed by atoms with Crippen LogP contribution in [0.4, 0.5) is 0 Å². The zero-order chi connectivity index (χ0) is 9.80. The van der Waals surface area contributed by atoms with E-state index < -0.39 is 0 Å². The first-order chi connectivity index (χ1) is 6.92. The van der Waals surface area contributed by atoms with Crippen molar-refractivity contribution in [1.82, 2.24) is 10.2 Å². The molecule has 1 heterocycles. The second kappa shape index (κ2) is 4.17. The van der Waals surface area contributed by atoms with E-state index in [1.807, 2.05) is 18.2 Å². The normalized spacial score (nSPS) is 9.79. The maximum Gasteiger partial charge on any atom is 0.0806 e. The van der Waals surface area contributed by atoms with Gasteiger partial charge in [-0.3, -0.25) is 5.10 Å². The lowest BCUT2D eigenvalue weighted by atomic mass is 10.1. The molecule has 0 unspecified atom stereocenters. The van der Waals surface area contributed by atoms with Gasteiger partial charge in [0, 0.05) is 17.7 Å². The predicted octanol–water partition coefficient (Wildman–Crippen LogP) is 2.54. The average Bonchev–Trinajstić information content (AvgIpc) is 2.67. The van der Waals surface area contributed by atoms with Crippen LogP contribution in [0.25, 0.3) is 10.9 Å². The lowest BCUT2D eigenvalue weighted by Crippen LogP contribution is -1.78. The van der Waals surface area contributed by atoms with Crippen molar-refractivity contribution in [2.45, 2.75) is 6.42 Å². The number of nitrogens with one attached hydrogen (secondary N) is 1. The molecule has 2 nitrogen and oxygen atoms in total. The first kappa shape index (κ1) is 9.11. The summed E-state index contributed by atoms with van der Waals surface area (Å²) in [6, 6.07) is 5.95. The van der Waals surface area contributed by atoms with Crippen molar-refractivity contribution in [3.05, 3.63) is 30.0 Å². The second-order valence-corrected chi connectivity index (χ2v) is 3.26. The molecule has 1 aromatic carbocycles. The van der Waals surface area contributed by atoms with Crippen molar-refractivity contribution >= 4 is 22.5 Å². The third-order valence-electron chi connectivity index (χ3n) is 1.92. The van der Waals surface area contributed by atoms with Crippen LogP contribution in [0, 0.1) is 11.8 Å². The Morgan fingerprint density at radius 2 is 2.36 bits per heavy atom. The maximum atomic E-state index is 5.54. The van der Waals surface area contributed by atoms with Crippen molar-refractivity contribution in [1.29, 1.82) is 0 Å². The Hall–Kier alpha value is -1.46. The highest BCUT2D eigenvalue weighted by atomic mass is 35.5. The number of hydrogen-bond donors (Lipinski definition) is 1. The topological polar surface area (TPSA) is 28.7 Å². The van der Waals surface area contributed by atoms with Gasteiger partial charge in [-0.25, -0.2) is 0 Å². The fourth-order valence-electron chi connectivity index (χ4n) is 1.28. The SMILES string of the molecule is ClCCC#Cc1cccc2cn[nH]c12. The number of benzene rings is 1. The predicted molar refractivity (Wildman–Crippen MR) is 58.3 cm³/mol. The number of aromatic amines is 1. The highest BCUT2D eigenvalue weighted by Gasteiger charge is 1.98. The summed E-state index contributed by atoms with van der Waals surface area (Å²) in [6.45, 7) is 0. The minimum atomic E-state index is 0.575. The van der Waals surface area contributed by atoms with E-state index in [0.29, 0.717) is 12.3 Å². The molecule has 1 aromatic heterocycles. The minimum Gasteiger partial charge on any atom is -0.277 e. The lowest BCUT2D eigenvalue weighted by Gasteiger charge is -1.91. The van der Waals surface area contributed by atoms with E-state index in [9.17, 15) is 0 Å². The Morgan fingerprint density at radius 1 is 1.43 bits per heavy atom. The first-order valence-electron chi connectivity index (χ1n) is 4.39. The van der Waals surface area contributed by atoms with Crippen molar-refractivity contribution in [2.75, 3.05) is 5.88 Å². The quantitative estimate of drug-likeness (QED) is 0.561. The number of alkyl halides is 1. The third-order valence-corrected chi connectivity index (χ3v) is 2.11. The molecule has 2 aromatic rings. The largest absolute Gasteiger partial charge is 0.277 e. The smallest absolute Gasteiger partial charge is 0.0806 e. The molecule has 2 rings (SSSR count). The van der Waals surface area contributed by atoms with Crippen LogP contribution in [0.1, 0.15) is 12.0 Å². The number of H-pyrrole nitrogens is 1. The summed E-state index contributed by atoms with van der Waals surface area (Å²) >= 11 is 5.54. The molecule has 0 radical (unpaired) electrons. The van der Waals surface area contributed by atoms with Gasteiger partial charge in [-0.15, -0.1) is 11.6 Å². The van der Waals surface area contributed by atoms with Crippen LogP contribution >= 0.6 is 11.6 Å². The van der Waals surface area contributed by atoms with Gasteiger partial charge < -0.3 is 0 Å². The minimum absolute atomic E-state index is 0.575. The fourth-order valence-corrected chi connectivity index (χ4v) is 1.37. The van der Waals surface area contributed by atoms with Crippen molar-refractivity contribution in [3.63, 3.8) is 0 Å². The first-order valence-corrected chi connectivity index (χ1v) is 4.92. The molecule has 3 heteroatoms. The summed E-state index contributed by atoms with van der Waals surface area (Å²) < 4.78 is 0. The van der Waals surface area contributed by atoms with Crippen LogP contribution in [0.3, 0.4) is 0 Å². The van der Waals surface area contributed by atoms with E-state index in [4.69, 9.17) is 11.6 Å². The van der Waals surface area contributed by atoms with E-state index >= 15 is 0 Å². The molecule has 0 aliphatic carbocycles. The van der Waals surface area contributed by atoms with Crippen LogP contribution in [-0.4, -0.2) is 16.1 Å². The van der Waals surface area contributed by atoms with Crippen LogP contribution < -0.4 is 0 Å². The van der Waals surface area contributed by atoms with E-state index in [1.165, 1.54) is 0 Å². The molecule has 70 valence electrons. The van der Waals surface area contributed by atoms with E-state index in [0.717, 1.165) is 16.5 Å². The summed E-state index contributed by atoms with van der Waals surface area (Å²) in [5.41, 5.74) is 1.97. The number of nitrogens with zero attached hydrogens (tertiary/aromatic N) is 1. The number of rotatable bonds is 1. The van der Waals surface area contributed by atoms with Crippen LogP contribution in [-0.2, 0) is 0 Å². The van der Waals surface area contributed by atoms with E-state index in [1.54, 1.807) is 6.20 Å². The van der Waals surface area contributed by atoms with Gasteiger partial charge >= 0.3 is 0 Å². The Labute approximate surface area is 87.3 Å². The third kappa shape index (κ3) is 1.73. The molecule has 0 bridgehead atoms. The summed E-state index contributed by atoms with van der Waals surface area (Å²) in [5, 5.41) is 7.99. The molecular formula is C11H9ClN2. The van der Waals surface area contributed by atoms with Crippen LogP contribution in [0.5, 0.6) is 0 Å². The standard InChI is InChI=1S/C11H9ClN2/c12-7-2-1-4-9-5-3-6-10-8-13-14-11(9)10/h3,5-6,8H,2,7H2,(H,13,14). The summed E-state index contributed by atoms with van der Waals surface area (Å²) in [6.07, 6.45) is 2.51. The molecule has 14 heavy (non-hydrogen) atoms. The van der Waals surface area contributed by atoms with Gasteiger partial charge in [0.15, 0.2) is 0 Å². The molecular weight excluding hydrogens is 196 g/mol. The number of para-hydroxylation sites is 1. The number of fused-ring (bicyclic) bond motifs is 1. The molecule has 0 spiro atoms. The highest BCUT2D eigenvalue weighted by molar-refractivity contribution is 6.18. The Balaban J connectivity index is 2.43. The number of aromatic nitrogens is 2. The summed E-state index contributed by atoms with van der Waals surface area (Å²) in [5.74, 6) is 6.65. The van der Waals surface area contributed by atoms with E-state index in [2.05, 4.69) is 22.0 Å². The van der Waals surface area contributed by atoms with Crippen molar-refractivity contribution in [2.24, 2.45) is 0 Å². The van der Waals surface area contributed by atoms with Crippen molar-refractivity contribution in [3.8, 4) is 11.8 Å². The molecule has 0 saturated heterocycles. The van der Waals surface area contributed by atoms with Gasteiger partial charge in [-0.05, 0) is 6.07 Å². The molecule has 0 atom stereocenters. The Morgan fingerprint density at radius 3 is 3.21 bits per heavy atom. The van der Waals surface area contributed by atoms with Gasteiger partial charge in [-0.1, -0.05) is 24.0 Å². The van der Waals surface area contributed by atoms with Gasteiger partial charge in [0.1, 0.15) is 0 Å². The van der Waals surface area contributed by atoms with Gasteiger partial charge in [-0.2, -0.15) is 5.10 Å². The molecule has 1 N–H and O–H groups in total. The fraction of sp³-hybridized carbons (Fsp3) is 0.182. The van der Waals surface area contributed by atoms with Crippen molar-refractivity contribution < 1.29 is 0 Å². The van der Waals surface area contributed by atoms with Gasteiger partial charge in [0.25, 0.3) is 0 Å². The molecule has 0 aliphatic heterocycles. The number of halogens is 1. The van der Waals surface area contributed by atoms with E-state index in [-0.39, 0.29) is 0 Å². The molecule has 0 fully saturated rings. The van der Waals surface area contributed by atoms with Gasteiger partial charge in [0.05, 0.1) is 17.3 Å².